The molecule has 1 rings (SSSR count). The van der Waals surface area contributed by atoms with Crippen molar-refractivity contribution in [1.29, 1.82) is 0 Å². The maximum absolute atomic E-state index is 11.4. The molecule has 0 aliphatic carbocycles. The van der Waals surface area contributed by atoms with Gasteiger partial charge in [0.25, 0.3) is 0 Å². The molecule has 0 saturated heterocycles. The van der Waals surface area contributed by atoms with Gasteiger partial charge in [0.15, 0.2) is 0 Å². The topological polar surface area (TPSA) is 64.3 Å². The van der Waals surface area contributed by atoms with E-state index in [9.17, 15) is 4.79 Å². The first-order valence-electron chi connectivity index (χ1n) is 4.55. The predicted molar refractivity (Wildman–Crippen MR) is 62.8 cm³/mol. The van der Waals surface area contributed by atoms with Gasteiger partial charge in [-0.3, -0.25) is 5.84 Å². The lowest BCUT2D eigenvalue weighted by Crippen LogP contribution is -2.10. The Morgan fingerprint density at radius 2 is 2.33 bits per heavy atom. The van der Waals surface area contributed by atoms with Crippen molar-refractivity contribution >= 4 is 27.6 Å². The van der Waals surface area contributed by atoms with E-state index in [0.717, 1.165) is 11.3 Å². The Balaban J connectivity index is 2.97. The third kappa shape index (κ3) is 2.94. The lowest BCUT2D eigenvalue weighted by Gasteiger charge is -2.08. The van der Waals surface area contributed by atoms with Gasteiger partial charge in [-0.25, -0.2) is 4.79 Å². The second kappa shape index (κ2) is 5.72. The molecule has 0 bridgehead atoms. The van der Waals surface area contributed by atoms with E-state index in [1.54, 1.807) is 25.1 Å². The van der Waals surface area contributed by atoms with E-state index in [4.69, 9.17) is 10.6 Å². The summed E-state index contributed by atoms with van der Waals surface area (Å²) in [6.07, 6.45) is 0. The number of rotatable bonds is 4. The number of hydrogen-bond acceptors (Lipinski definition) is 4. The van der Waals surface area contributed by atoms with Gasteiger partial charge in [0.1, 0.15) is 0 Å². The van der Waals surface area contributed by atoms with Gasteiger partial charge in [-0.15, -0.1) is 0 Å². The van der Waals surface area contributed by atoms with Crippen LogP contribution in [-0.2, 0) is 10.1 Å². The predicted octanol–water partition coefficient (Wildman–Crippen LogP) is 2.04. The summed E-state index contributed by atoms with van der Waals surface area (Å²) in [5.74, 6) is 5.01. The van der Waals surface area contributed by atoms with E-state index < -0.39 is 0 Å². The third-order valence-corrected chi connectivity index (χ3v) is 2.52. The third-order valence-electron chi connectivity index (χ3n) is 1.92. The molecule has 0 aliphatic heterocycles. The summed E-state index contributed by atoms with van der Waals surface area (Å²) in [6, 6.07) is 5.18. The summed E-state index contributed by atoms with van der Waals surface area (Å²) >= 11 is 3.32. The number of nitrogens with two attached hydrogens (primary N) is 1. The van der Waals surface area contributed by atoms with Crippen LogP contribution in [0.25, 0.3) is 0 Å². The lowest BCUT2D eigenvalue weighted by atomic mass is 10.1. The Morgan fingerprint density at radius 1 is 1.60 bits per heavy atom. The van der Waals surface area contributed by atoms with E-state index in [0.29, 0.717) is 17.5 Å². The fourth-order valence-corrected chi connectivity index (χ4v) is 1.65. The fourth-order valence-electron chi connectivity index (χ4n) is 1.19. The van der Waals surface area contributed by atoms with Gasteiger partial charge in [0.05, 0.1) is 17.9 Å². The molecule has 0 amide bonds. The van der Waals surface area contributed by atoms with Crippen molar-refractivity contribution in [3.8, 4) is 0 Å². The molecular weight excluding hydrogens is 260 g/mol. The number of anilines is 1. The summed E-state index contributed by atoms with van der Waals surface area (Å²) < 4.78 is 4.90. The van der Waals surface area contributed by atoms with Crippen molar-refractivity contribution in [3.05, 3.63) is 29.3 Å². The van der Waals surface area contributed by atoms with Crippen molar-refractivity contribution < 1.29 is 9.53 Å². The maximum atomic E-state index is 11.4. The average molecular weight is 273 g/mol. The molecule has 0 heterocycles. The summed E-state index contributed by atoms with van der Waals surface area (Å²) in [6.45, 7) is 2.15. The zero-order chi connectivity index (χ0) is 11.3. The molecule has 0 unspecified atom stereocenters. The van der Waals surface area contributed by atoms with E-state index in [2.05, 4.69) is 21.4 Å². The average Bonchev–Trinajstić information content (AvgIpc) is 2.28. The van der Waals surface area contributed by atoms with Gasteiger partial charge < -0.3 is 10.2 Å². The van der Waals surface area contributed by atoms with Crippen molar-refractivity contribution in [2.24, 2.45) is 5.84 Å². The number of esters is 1. The van der Waals surface area contributed by atoms with Crippen LogP contribution in [0.3, 0.4) is 0 Å². The molecule has 0 spiro atoms. The molecule has 0 saturated carbocycles. The smallest absolute Gasteiger partial charge is 0.338 e. The number of hydrogen-bond donors (Lipinski definition) is 2. The molecule has 0 aliphatic rings. The van der Waals surface area contributed by atoms with E-state index in [1.165, 1.54) is 0 Å². The quantitative estimate of drug-likeness (QED) is 0.381. The molecule has 0 atom stereocenters. The molecule has 1 aromatic carbocycles. The largest absolute Gasteiger partial charge is 0.462 e. The van der Waals surface area contributed by atoms with Crippen molar-refractivity contribution in [2.45, 2.75) is 12.3 Å². The van der Waals surface area contributed by atoms with Gasteiger partial charge in [0, 0.05) is 5.33 Å². The van der Waals surface area contributed by atoms with E-state index in [1.807, 2.05) is 0 Å². The molecule has 1 aromatic rings. The molecule has 3 N–H and O–H groups in total. The molecular formula is C10H13BrN2O2. The first-order chi connectivity index (χ1) is 7.22. The van der Waals surface area contributed by atoms with Crippen LogP contribution in [0.5, 0.6) is 0 Å². The fraction of sp³-hybridized carbons (Fsp3) is 0.300. The van der Waals surface area contributed by atoms with Crippen LogP contribution < -0.4 is 11.3 Å². The Hall–Kier alpha value is -1.07. The van der Waals surface area contributed by atoms with Crippen LogP contribution in [-0.4, -0.2) is 12.6 Å². The van der Waals surface area contributed by atoms with E-state index in [-0.39, 0.29) is 5.97 Å². The Bertz CT molecular complexity index is 355. The number of halogens is 1. The van der Waals surface area contributed by atoms with Crippen molar-refractivity contribution in [1.82, 2.24) is 0 Å². The highest BCUT2D eigenvalue weighted by Crippen LogP contribution is 2.19. The minimum Gasteiger partial charge on any atom is -0.462 e. The number of nitrogens with one attached hydrogen (secondary N) is 1. The first kappa shape index (κ1) is 12.0. The molecule has 15 heavy (non-hydrogen) atoms. The van der Waals surface area contributed by atoms with Crippen LogP contribution in [0.15, 0.2) is 18.2 Å². The van der Waals surface area contributed by atoms with Crippen LogP contribution in [0, 0.1) is 0 Å². The Kier molecular flexibility index (Phi) is 4.58. The molecule has 0 radical (unpaired) electrons. The van der Waals surface area contributed by atoms with Crippen LogP contribution in [0.1, 0.15) is 22.8 Å². The van der Waals surface area contributed by atoms with Gasteiger partial charge in [-0.1, -0.05) is 15.9 Å². The summed E-state index contributed by atoms with van der Waals surface area (Å²) in [7, 11) is 0. The normalized spacial score (nSPS) is 9.80. The van der Waals surface area contributed by atoms with Crippen LogP contribution in [0.2, 0.25) is 0 Å². The highest BCUT2D eigenvalue weighted by Gasteiger charge is 2.09. The zero-order valence-electron chi connectivity index (χ0n) is 8.42. The second-order valence-corrected chi connectivity index (χ2v) is 3.43. The highest BCUT2D eigenvalue weighted by atomic mass is 79.9. The second-order valence-electron chi connectivity index (χ2n) is 2.87. The van der Waals surface area contributed by atoms with Gasteiger partial charge in [-0.2, -0.15) is 0 Å². The molecule has 0 fully saturated rings. The van der Waals surface area contributed by atoms with Crippen LogP contribution >= 0.6 is 15.9 Å². The van der Waals surface area contributed by atoms with Crippen molar-refractivity contribution in [3.63, 3.8) is 0 Å². The van der Waals surface area contributed by atoms with Gasteiger partial charge in [0.2, 0.25) is 0 Å². The number of benzene rings is 1. The van der Waals surface area contributed by atoms with Gasteiger partial charge in [-0.05, 0) is 30.7 Å². The molecule has 4 nitrogen and oxygen atoms in total. The highest BCUT2D eigenvalue weighted by molar-refractivity contribution is 9.08. The first-order valence-corrected chi connectivity index (χ1v) is 5.67. The molecule has 0 aromatic heterocycles. The Morgan fingerprint density at radius 3 is 2.87 bits per heavy atom. The molecule has 5 heteroatoms. The van der Waals surface area contributed by atoms with E-state index >= 15 is 0 Å². The minimum atomic E-state index is -0.316. The minimum absolute atomic E-state index is 0.316. The SMILES string of the molecule is CCOC(=O)c1ccc(NN)c(CBr)c1. The number of hydrazine groups is 1. The number of carbonyl (C=O) groups excluding carboxylic acids is 1. The van der Waals surface area contributed by atoms with Crippen molar-refractivity contribution in [2.75, 3.05) is 12.0 Å². The Labute approximate surface area is 96.9 Å². The number of ether oxygens (including phenoxy) is 1. The van der Waals surface area contributed by atoms with Gasteiger partial charge >= 0.3 is 5.97 Å². The maximum Gasteiger partial charge on any atom is 0.338 e. The number of carbonyl (C=O) groups is 1. The summed E-state index contributed by atoms with van der Waals surface area (Å²) in [5.41, 5.74) is 4.81. The lowest BCUT2D eigenvalue weighted by molar-refractivity contribution is 0.0526. The summed E-state index contributed by atoms with van der Waals surface area (Å²) in [4.78, 5) is 11.4. The monoisotopic (exact) mass is 272 g/mol. The number of alkyl halides is 1. The number of nitrogen functional groups attached to an aromatic ring is 1. The standard InChI is InChI=1S/C10H13BrN2O2/c1-2-15-10(14)7-3-4-9(13-12)8(5-7)6-11/h3-5,13H,2,6,12H2,1H3. The molecule has 82 valence electrons. The summed E-state index contributed by atoms with van der Waals surface area (Å²) in [5, 5.41) is 0.625. The zero-order valence-corrected chi connectivity index (χ0v) is 10.0. The van der Waals surface area contributed by atoms with Crippen LogP contribution in [0.4, 0.5) is 5.69 Å².